The number of nitrogens with two attached hydrogens (primary N) is 1. The maximum atomic E-state index is 11.9. The maximum Gasteiger partial charge on any atom is 0.251 e. The number of rotatable bonds is 8. The van der Waals surface area contributed by atoms with E-state index in [0.29, 0.717) is 24.3 Å². The number of amides is 1. The van der Waals surface area contributed by atoms with Crippen molar-refractivity contribution < 1.29 is 14.3 Å². The highest BCUT2D eigenvalue weighted by Crippen LogP contribution is 2.11. The fourth-order valence-electron chi connectivity index (χ4n) is 1.64. The van der Waals surface area contributed by atoms with Crippen LogP contribution < -0.4 is 15.8 Å². The number of carbonyl (C=O) groups is 1. The van der Waals surface area contributed by atoms with Gasteiger partial charge in [0.05, 0.1) is 13.2 Å². The van der Waals surface area contributed by atoms with E-state index in [9.17, 15) is 9.59 Å². The van der Waals surface area contributed by atoms with E-state index in [-0.39, 0.29) is 5.91 Å². The minimum atomic E-state index is -0.582. The predicted octanol–water partition coefficient (Wildman–Crippen LogP) is 1.03. The Bertz CT molecular complexity index is 404. The molecule has 103 valence electrons. The highest BCUT2D eigenvalue weighted by molar-refractivity contribution is 5.95. The molecule has 0 saturated heterocycles. The summed E-state index contributed by atoms with van der Waals surface area (Å²) in [6, 6.07) is 6.11. The van der Waals surface area contributed by atoms with Crippen LogP contribution in [0.25, 0.3) is 0 Å². The molecule has 0 aromatic heterocycles. The monoisotopic (exact) mass is 263 g/mol. The van der Waals surface area contributed by atoms with E-state index in [4.69, 9.17) is 10.5 Å². The Morgan fingerprint density at radius 1 is 1.37 bits per heavy atom. The molecular weight excluding hydrogens is 244 g/mol. The highest BCUT2D eigenvalue weighted by Gasteiger charge is 2.13. The largest absolute Gasteiger partial charge is 0.497 e. The van der Waals surface area contributed by atoms with Gasteiger partial charge < -0.3 is 15.8 Å². The SMILES string of the molecule is COc1ccc(C(=O)NC([C]=O)CCCCN)cc1. The molecule has 0 spiro atoms. The Morgan fingerprint density at radius 2 is 2.05 bits per heavy atom. The van der Waals surface area contributed by atoms with Crippen LogP contribution in [-0.4, -0.2) is 31.9 Å². The highest BCUT2D eigenvalue weighted by atomic mass is 16.5. The molecule has 0 fully saturated rings. The summed E-state index contributed by atoms with van der Waals surface area (Å²) in [5.74, 6) is 0.391. The standard InChI is InChI=1S/C14H19N2O3/c1-19-13-7-5-11(6-8-13)14(18)16-12(10-17)4-2-3-9-15/h5-8,12H,2-4,9,15H2,1H3,(H,16,18). The van der Waals surface area contributed by atoms with Gasteiger partial charge in [-0.25, -0.2) is 0 Å². The van der Waals surface area contributed by atoms with Gasteiger partial charge in [0.1, 0.15) is 5.75 Å². The molecule has 1 radical (unpaired) electrons. The van der Waals surface area contributed by atoms with E-state index in [1.165, 1.54) is 0 Å². The average Bonchev–Trinajstić information content (AvgIpc) is 2.46. The summed E-state index contributed by atoms with van der Waals surface area (Å²) in [5, 5.41) is 2.64. The molecule has 0 bridgehead atoms. The molecule has 0 aliphatic heterocycles. The van der Waals surface area contributed by atoms with Crippen LogP contribution >= 0.6 is 0 Å². The quantitative estimate of drug-likeness (QED) is 0.686. The van der Waals surface area contributed by atoms with E-state index in [0.717, 1.165) is 12.8 Å². The van der Waals surface area contributed by atoms with Gasteiger partial charge in [0, 0.05) is 5.56 Å². The first-order valence-corrected chi connectivity index (χ1v) is 6.24. The lowest BCUT2D eigenvalue weighted by atomic mass is 10.1. The Morgan fingerprint density at radius 3 is 2.58 bits per heavy atom. The lowest BCUT2D eigenvalue weighted by Crippen LogP contribution is -2.36. The number of carbonyl (C=O) groups excluding carboxylic acids is 2. The van der Waals surface area contributed by atoms with Crippen molar-refractivity contribution in [1.82, 2.24) is 5.32 Å². The molecule has 0 heterocycles. The summed E-state index contributed by atoms with van der Waals surface area (Å²) in [5.41, 5.74) is 5.86. The number of unbranched alkanes of at least 4 members (excludes halogenated alkanes) is 1. The van der Waals surface area contributed by atoms with Crippen LogP contribution in [0.5, 0.6) is 5.75 Å². The zero-order valence-corrected chi connectivity index (χ0v) is 11.0. The normalized spacial score (nSPS) is 11.7. The summed E-state index contributed by atoms with van der Waals surface area (Å²) < 4.78 is 5.01. The maximum absolute atomic E-state index is 11.9. The van der Waals surface area contributed by atoms with E-state index in [1.54, 1.807) is 31.4 Å². The molecule has 1 unspecified atom stereocenters. The molecule has 1 atom stereocenters. The second-order valence-electron chi connectivity index (χ2n) is 4.16. The third-order valence-corrected chi connectivity index (χ3v) is 2.75. The first kappa shape index (κ1) is 15.2. The van der Waals surface area contributed by atoms with Crippen LogP contribution in [-0.2, 0) is 4.79 Å². The Labute approximate surface area is 113 Å². The van der Waals surface area contributed by atoms with Gasteiger partial charge in [-0.15, -0.1) is 0 Å². The van der Waals surface area contributed by atoms with Gasteiger partial charge in [-0.2, -0.15) is 0 Å². The van der Waals surface area contributed by atoms with Gasteiger partial charge in [0.15, 0.2) is 0 Å². The van der Waals surface area contributed by atoms with Crippen LogP contribution in [0.4, 0.5) is 0 Å². The molecule has 0 aliphatic carbocycles. The van der Waals surface area contributed by atoms with Crippen LogP contribution in [0.3, 0.4) is 0 Å². The number of benzene rings is 1. The Balaban J connectivity index is 2.53. The van der Waals surface area contributed by atoms with Crippen LogP contribution in [0.2, 0.25) is 0 Å². The third kappa shape index (κ3) is 5.09. The average molecular weight is 263 g/mol. The van der Waals surface area contributed by atoms with Gasteiger partial charge in [0.25, 0.3) is 5.91 Å². The number of hydrogen-bond donors (Lipinski definition) is 2. The summed E-state index contributed by atoms with van der Waals surface area (Å²) in [6.07, 6.45) is 4.02. The van der Waals surface area contributed by atoms with Crippen molar-refractivity contribution in [3.8, 4) is 5.75 Å². The van der Waals surface area contributed by atoms with Crippen LogP contribution in [0, 0.1) is 0 Å². The van der Waals surface area contributed by atoms with E-state index in [1.807, 2.05) is 6.29 Å². The van der Waals surface area contributed by atoms with Crippen molar-refractivity contribution in [2.24, 2.45) is 5.73 Å². The van der Waals surface area contributed by atoms with Crippen LogP contribution in [0.15, 0.2) is 24.3 Å². The molecule has 1 aromatic rings. The van der Waals surface area contributed by atoms with Gasteiger partial charge in [-0.1, -0.05) is 0 Å². The minimum Gasteiger partial charge on any atom is -0.497 e. The van der Waals surface area contributed by atoms with Gasteiger partial charge >= 0.3 is 0 Å². The second-order valence-corrected chi connectivity index (χ2v) is 4.16. The fourth-order valence-corrected chi connectivity index (χ4v) is 1.64. The zero-order valence-electron chi connectivity index (χ0n) is 11.0. The first-order valence-electron chi connectivity index (χ1n) is 6.24. The zero-order chi connectivity index (χ0) is 14.1. The number of hydrogen-bond acceptors (Lipinski definition) is 4. The molecule has 0 saturated carbocycles. The van der Waals surface area contributed by atoms with Crippen LogP contribution in [0.1, 0.15) is 29.6 Å². The topological polar surface area (TPSA) is 81.4 Å². The smallest absolute Gasteiger partial charge is 0.251 e. The molecule has 1 rings (SSSR count). The number of ether oxygens (including phenoxy) is 1. The van der Waals surface area contributed by atoms with Crippen molar-refractivity contribution in [2.75, 3.05) is 13.7 Å². The molecule has 5 heteroatoms. The van der Waals surface area contributed by atoms with Gasteiger partial charge in [-0.3, -0.25) is 9.59 Å². The lowest BCUT2D eigenvalue weighted by Gasteiger charge is -2.12. The van der Waals surface area contributed by atoms with E-state index < -0.39 is 6.04 Å². The molecule has 3 N–H and O–H groups in total. The molecule has 1 amide bonds. The molecule has 1 aromatic carbocycles. The van der Waals surface area contributed by atoms with Crippen molar-refractivity contribution in [3.63, 3.8) is 0 Å². The Hall–Kier alpha value is -1.88. The van der Waals surface area contributed by atoms with E-state index in [2.05, 4.69) is 5.32 Å². The van der Waals surface area contributed by atoms with Crippen molar-refractivity contribution in [2.45, 2.75) is 25.3 Å². The van der Waals surface area contributed by atoms with Crippen molar-refractivity contribution in [1.29, 1.82) is 0 Å². The summed E-state index contributed by atoms with van der Waals surface area (Å²) in [6.45, 7) is 0.581. The minimum absolute atomic E-state index is 0.288. The molecule has 19 heavy (non-hydrogen) atoms. The predicted molar refractivity (Wildman–Crippen MR) is 72.8 cm³/mol. The number of nitrogens with one attached hydrogen (secondary N) is 1. The lowest BCUT2D eigenvalue weighted by molar-refractivity contribution is 0.0944. The third-order valence-electron chi connectivity index (χ3n) is 2.75. The molecule has 5 nitrogen and oxygen atoms in total. The number of methoxy groups -OCH3 is 1. The van der Waals surface area contributed by atoms with Gasteiger partial charge in [-0.05, 0) is 50.1 Å². The first-order chi connectivity index (χ1) is 9.21. The summed E-state index contributed by atoms with van der Waals surface area (Å²) in [7, 11) is 1.56. The summed E-state index contributed by atoms with van der Waals surface area (Å²) in [4.78, 5) is 22.7. The Kier molecular flexibility index (Phi) is 6.60. The van der Waals surface area contributed by atoms with Crippen molar-refractivity contribution in [3.05, 3.63) is 29.8 Å². The van der Waals surface area contributed by atoms with E-state index >= 15 is 0 Å². The summed E-state index contributed by atoms with van der Waals surface area (Å²) >= 11 is 0. The van der Waals surface area contributed by atoms with Crippen molar-refractivity contribution >= 4 is 12.2 Å². The molecular formula is C14H19N2O3. The molecule has 0 aliphatic rings. The second kappa shape index (κ2) is 8.26. The fraction of sp³-hybridized carbons (Fsp3) is 0.429. The van der Waals surface area contributed by atoms with Gasteiger partial charge in [0.2, 0.25) is 6.29 Å².